The highest BCUT2D eigenvalue weighted by molar-refractivity contribution is 5.79. The Labute approximate surface area is 103 Å². The number of carboxylic acids is 1. The molecular formula is C13H23NO3. The first-order valence-electron chi connectivity index (χ1n) is 6.58. The molecule has 4 nitrogen and oxygen atoms in total. The molecule has 4 heteroatoms. The van der Waals surface area contributed by atoms with Crippen molar-refractivity contribution >= 4 is 11.9 Å². The van der Waals surface area contributed by atoms with Crippen molar-refractivity contribution in [1.29, 1.82) is 0 Å². The van der Waals surface area contributed by atoms with Gasteiger partial charge in [-0.05, 0) is 32.1 Å². The number of carbonyl (C=O) groups is 2. The molecule has 1 fully saturated rings. The molecule has 0 aromatic heterocycles. The van der Waals surface area contributed by atoms with Crippen molar-refractivity contribution in [2.45, 2.75) is 58.4 Å². The third-order valence-corrected chi connectivity index (χ3v) is 3.64. The van der Waals surface area contributed by atoms with Crippen LogP contribution in [0.25, 0.3) is 0 Å². The van der Waals surface area contributed by atoms with E-state index in [4.69, 9.17) is 5.11 Å². The fourth-order valence-electron chi connectivity index (χ4n) is 2.34. The van der Waals surface area contributed by atoms with Crippen molar-refractivity contribution in [3.05, 3.63) is 0 Å². The summed E-state index contributed by atoms with van der Waals surface area (Å²) in [6, 6.07) is 0.140. The van der Waals surface area contributed by atoms with Gasteiger partial charge < -0.3 is 10.0 Å². The molecule has 0 aromatic carbocycles. The van der Waals surface area contributed by atoms with Gasteiger partial charge in [-0.1, -0.05) is 13.8 Å². The fraction of sp³-hybridized carbons (Fsp3) is 0.846. The van der Waals surface area contributed by atoms with Crippen LogP contribution in [0.4, 0.5) is 0 Å². The Bertz CT molecular complexity index is 278. The monoisotopic (exact) mass is 241 g/mol. The van der Waals surface area contributed by atoms with Crippen LogP contribution in [0.15, 0.2) is 0 Å². The maximum absolute atomic E-state index is 12.2. The van der Waals surface area contributed by atoms with E-state index in [0.29, 0.717) is 6.42 Å². The van der Waals surface area contributed by atoms with E-state index >= 15 is 0 Å². The molecule has 17 heavy (non-hydrogen) atoms. The summed E-state index contributed by atoms with van der Waals surface area (Å²) < 4.78 is 0. The predicted octanol–water partition coefficient (Wildman–Crippen LogP) is 2.28. The van der Waals surface area contributed by atoms with E-state index in [1.54, 1.807) is 0 Å². The molecule has 2 unspecified atom stereocenters. The van der Waals surface area contributed by atoms with Crippen molar-refractivity contribution in [1.82, 2.24) is 4.90 Å². The minimum absolute atomic E-state index is 0.0560. The zero-order valence-corrected chi connectivity index (χ0v) is 10.8. The molecule has 0 saturated carbocycles. The maximum Gasteiger partial charge on any atom is 0.303 e. The number of amides is 1. The summed E-state index contributed by atoms with van der Waals surface area (Å²) in [5, 5.41) is 8.72. The van der Waals surface area contributed by atoms with Crippen LogP contribution >= 0.6 is 0 Å². The lowest BCUT2D eigenvalue weighted by Crippen LogP contribution is -2.46. The standard InChI is InChI=1S/C13H23NO3/c1-3-10(2)13(17)14-9-5-4-6-11(14)7-8-12(15)16/h10-11H,3-9H2,1-2H3,(H,15,16). The third-order valence-electron chi connectivity index (χ3n) is 3.64. The van der Waals surface area contributed by atoms with Gasteiger partial charge in [0, 0.05) is 24.9 Å². The van der Waals surface area contributed by atoms with Gasteiger partial charge in [0.25, 0.3) is 0 Å². The van der Waals surface area contributed by atoms with Crippen molar-refractivity contribution < 1.29 is 14.7 Å². The average molecular weight is 241 g/mol. The van der Waals surface area contributed by atoms with Gasteiger partial charge in [-0.2, -0.15) is 0 Å². The first kappa shape index (κ1) is 14.0. The summed E-state index contributed by atoms with van der Waals surface area (Å²) in [5.74, 6) is -0.519. The highest BCUT2D eigenvalue weighted by Gasteiger charge is 2.28. The zero-order valence-electron chi connectivity index (χ0n) is 10.8. The summed E-state index contributed by atoms with van der Waals surface area (Å²) in [6.45, 7) is 4.76. The number of carboxylic acid groups (broad SMARTS) is 1. The van der Waals surface area contributed by atoms with Crippen LogP contribution in [-0.2, 0) is 9.59 Å². The number of nitrogens with zero attached hydrogens (tertiary/aromatic N) is 1. The minimum Gasteiger partial charge on any atom is -0.481 e. The van der Waals surface area contributed by atoms with Crippen LogP contribution in [0, 0.1) is 5.92 Å². The lowest BCUT2D eigenvalue weighted by molar-refractivity contribution is -0.142. The van der Waals surface area contributed by atoms with E-state index < -0.39 is 5.97 Å². The molecule has 1 amide bonds. The number of hydrogen-bond donors (Lipinski definition) is 1. The second-order valence-electron chi connectivity index (χ2n) is 4.92. The lowest BCUT2D eigenvalue weighted by Gasteiger charge is -2.37. The van der Waals surface area contributed by atoms with E-state index in [-0.39, 0.29) is 24.3 Å². The van der Waals surface area contributed by atoms with Crippen molar-refractivity contribution in [2.75, 3.05) is 6.54 Å². The van der Waals surface area contributed by atoms with Crippen LogP contribution < -0.4 is 0 Å². The highest BCUT2D eigenvalue weighted by Crippen LogP contribution is 2.23. The van der Waals surface area contributed by atoms with Crippen LogP contribution in [0.2, 0.25) is 0 Å². The van der Waals surface area contributed by atoms with Crippen molar-refractivity contribution in [2.24, 2.45) is 5.92 Å². The first-order chi connectivity index (χ1) is 8.06. The van der Waals surface area contributed by atoms with Gasteiger partial charge in [0.2, 0.25) is 5.91 Å². The van der Waals surface area contributed by atoms with Gasteiger partial charge >= 0.3 is 5.97 Å². The second kappa shape index (κ2) is 6.62. The number of hydrogen-bond acceptors (Lipinski definition) is 2. The first-order valence-corrected chi connectivity index (χ1v) is 6.58. The van der Waals surface area contributed by atoms with Crippen molar-refractivity contribution in [3.63, 3.8) is 0 Å². The number of piperidine rings is 1. The van der Waals surface area contributed by atoms with Gasteiger partial charge in [0.15, 0.2) is 0 Å². The summed E-state index contributed by atoms with van der Waals surface area (Å²) in [7, 11) is 0. The largest absolute Gasteiger partial charge is 0.481 e. The number of carbonyl (C=O) groups excluding carboxylic acids is 1. The van der Waals surface area contributed by atoms with E-state index in [1.807, 2.05) is 18.7 Å². The second-order valence-corrected chi connectivity index (χ2v) is 4.92. The summed E-state index contributed by atoms with van der Waals surface area (Å²) in [6.07, 6.45) is 4.71. The molecule has 1 saturated heterocycles. The van der Waals surface area contributed by atoms with Crippen LogP contribution in [-0.4, -0.2) is 34.5 Å². The topological polar surface area (TPSA) is 57.6 Å². The van der Waals surface area contributed by atoms with Gasteiger partial charge in [-0.15, -0.1) is 0 Å². The Morgan fingerprint density at radius 3 is 2.71 bits per heavy atom. The molecule has 2 atom stereocenters. The molecule has 0 aromatic rings. The third kappa shape index (κ3) is 4.02. The molecule has 1 N–H and O–H groups in total. The van der Waals surface area contributed by atoms with Gasteiger partial charge in [-0.3, -0.25) is 9.59 Å². The molecule has 0 aliphatic carbocycles. The Morgan fingerprint density at radius 1 is 1.41 bits per heavy atom. The molecule has 0 bridgehead atoms. The molecule has 1 rings (SSSR count). The Hall–Kier alpha value is -1.06. The molecular weight excluding hydrogens is 218 g/mol. The molecule has 0 radical (unpaired) electrons. The fourth-order valence-corrected chi connectivity index (χ4v) is 2.34. The summed E-state index contributed by atoms with van der Waals surface area (Å²) >= 11 is 0. The lowest BCUT2D eigenvalue weighted by atomic mass is 9.95. The van der Waals surface area contributed by atoms with Gasteiger partial charge in [-0.25, -0.2) is 0 Å². The van der Waals surface area contributed by atoms with Gasteiger partial charge in [0.1, 0.15) is 0 Å². The quantitative estimate of drug-likeness (QED) is 0.803. The highest BCUT2D eigenvalue weighted by atomic mass is 16.4. The molecule has 1 aliphatic rings. The summed E-state index contributed by atoms with van der Waals surface area (Å²) in [4.78, 5) is 24.7. The Morgan fingerprint density at radius 2 is 2.12 bits per heavy atom. The average Bonchev–Trinajstić information content (AvgIpc) is 2.34. The molecule has 0 spiro atoms. The zero-order chi connectivity index (χ0) is 12.8. The van der Waals surface area contributed by atoms with E-state index in [2.05, 4.69) is 0 Å². The number of aliphatic carboxylic acids is 1. The number of rotatable bonds is 5. The van der Waals surface area contributed by atoms with Crippen LogP contribution in [0.5, 0.6) is 0 Å². The van der Waals surface area contributed by atoms with E-state index in [9.17, 15) is 9.59 Å². The summed E-state index contributed by atoms with van der Waals surface area (Å²) in [5.41, 5.74) is 0. The predicted molar refractivity (Wildman–Crippen MR) is 65.7 cm³/mol. The molecule has 98 valence electrons. The van der Waals surface area contributed by atoms with E-state index in [0.717, 1.165) is 32.2 Å². The minimum atomic E-state index is -0.772. The maximum atomic E-state index is 12.2. The Kier molecular flexibility index (Phi) is 5.45. The van der Waals surface area contributed by atoms with E-state index in [1.165, 1.54) is 0 Å². The number of likely N-dealkylation sites (tertiary alicyclic amines) is 1. The van der Waals surface area contributed by atoms with Crippen LogP contribution in [0.1, 0.15) is 52.4 Å². The van der Waals surface area contributed by atoms with Crippen LogP contribution in [0.3, 0.4) is 0 Å². The van der Waals surface area contributed by atoms with Crippen molar-refractivity contribution in [3.8, 4) is 0 Å². The SMILES string of the molecule is CCC(C)C(=O)N1CCCCC1CCC(=O)O. The molecule has 1 heterocycles. The Balaban J connectivity index is 2.58. The van der Waals surface area contributed by atoms with Gasteiger partial charge in [0.05, 0.1) is 0 Å². The smallest absolute Gasteiger partial charge is 0.303 e. The molecule has 1 aliphatic heterocycles. The normalized spacial score (nSPS) is 22.2.